The Morgan fingerprint density at radius 2 is 1.93 bits per heavy atom. The SMILES string of the molecule is COc1ccc(CN(C(=O)/C=C/c2cc3c(cc2[N+](=O)[O-])OCO3)C2CC2)cc1. The van der Waals surface area contributed by atoms with E-state index in [4.69, 9.17) is 14.2 Å². The van der Waals surface area contributed by atoms with E-state index in [1.165, 1.54) is 24.3 Å². The Balaban J connectivity index is 1.53. The summed E-state index contributed by atoms with van der Waals surface area (Å²) in [5, 5.41) is 11.4. The van der Waals surface area contributed by atoms with E-state index >= 15 is 0 Å². The van der Waals surface area contributed by atoms with Crippen molar-refractivity contribution in [3.05, 3.63) is 63.7 Å². The predicted molar refractivity (Wildman–Crippen MR) is 105 cm³/mol. The number of fused-ring (bicyclic) bond motifs is 1. The molecule has 0 spiro atoms. The van der Waals surface area contributed by atoms with Gasteiger partial charge in [-0.1, -0.05) is 12.1 Å². The van der Waals surface area contributed by atoms with E-state index in [1.54, 1.807) is 12.0 Å². The highest BCUT2D eigenvalue weighted by Gasteiger charge is 2.31. The Labute approximate surface area is 167 Å². The van der Waals surface area contributed by atoms with Gasteiger partial charge in [-0.15, -0.1) is 0 Å². The molecule has 2 aromatic carbocycles. The number of ether oxygens (including phenoxy) is 3. The molecule has 1 aliphatic carbocycles. The summed E-state index contributed by atoms with van der Waals surface area (Å²) < 4.78 is 15.7. The third-order valence-corrected chi connectivity index (χ3v) is 4.91. The van der Waals surface area contributed by atoms with E-state index in [2.05, 4.69) is 0 Å². The summed E-state index contributed by atoms with van der Waals surface area (Å²) >= 11 is 0. The predicted octanol–water partition coefficient (Wildman–Crippen LogP) is 3.54. The molecule has 29 heavy (non-hydrogen) atoms. The number of methoxy groups -OCH3 is 1. The zero-order chi connectivity index (χ0) is 20.4. The van der Waals surface area contributed by atoms with Gasteiger partial charge in [0.2, 0.25) is 12.7 Å². The minimum Gasteiger partial charge on any atom is -0.497 e. The molecule has 0 atom stereocenters. The molecule has 0 bridgehead atoms. The summed E-state index contributed by atoms with van der Waals surface area (Å²) in [5.41, 5.74) is 1.16. The van der Waals surface area contributed by atoms with Crippen molar-refractivity contribution in [1.82, 2.24) is 4.90 Å². The first-order chi connectivity index (χ1) is 14.0. The molecule has 1 saturated carbocycles. The molecule has 2 aromatic rings. The van der Waals surface area contributed by atoms with Crippen LogP contribution in [0.25, 0.3) is 6.08 Å². The minimum absolute atomic E-state index is 0.0237. The van der Waals surface area contributed by atoms with E-state index in [1.807, 2.05) is 24.3 Å². The van der Waals surface area contributed by atoms with Gasteiger partial charge in [-0.3, -0.25) is 14.9 Å². The van der Waals surface area contributed by atoms with Crippen molar-refractivity contribution >= 4 is 17.7 Å². The van der Waals surface area contributed by atoms with E-state index in [0.29, 0.717) is 23.6 Å². The highest BCUT2D eigenvalue weighted by molar-refractivity contribution is 5.93. The van der Waals surface area contributed by atoms with Crippen molar-refractivity contribution in [2.75, 3.05) is 13.9 Å². The molecule has 4 rings (SSSR count). The molecule has 0 N–H and O–H groups in total. The van der Waals surface area contributed by atoms with Crippen LogP contribution < -0.4 is 14.2 Å². The monoisotopic (exact) mass is 396 g/mol. The van der Waals surface area contributed by atoms with Gasteiger partial charge in [0.15, 0.2) is 11.5 Å². The molecule has 0 saturated heterocycles. The van der Waals surface area contributed by atoms with E-state index in [-0.39, 0.29) is 24.4 Å². The van der Waals surface area contributed by atoms with Gasteiger partial charge in [-0.2, -0.15) is 0 Å². The van der Waals surface area contributed by atoms with Crippen LogP contribution in [0.2, 0.25) is 0 Å². The number of hydrogen-bond acceptors (Lipinski definition) is 6. The number of nitrogens with zero attached hydrogens (tertiary/aromatic N) is 2. The van der Waals surface area contributed by atoms with E-state index in [9.17, 15) is 14.9 Å². The Morgan fingerprint density at radius 1 is 1.24 bits per heavy atom. The largest absolute Gasteiger partial charge is 0.497 e. The van der Waals surface area contributed by atoms with Crippen molar-refractivity contribution in [1.29, 1.82) is 0 Å². The summed E-state index contributed by atoms with van der Waals surface area (Å²) in [5.74, 6) is 1.34. The quantitative estimate of drug-likeness (QED) is 0.404. The summed E-state index contributed by atoms with van der Waals surface area (Å²) in [4.78, 5) is 25.5. The lowest BCUT2D eigenvalue weighted by Crippen LogP contribution is -2.31. The molecule has 1 fully saturated rings. The van der Waals surface area contributed by atoms with Gasteiger partial charge in [-0.25, -0.2) is 0 Å². The molecule has 1 aliphatic heterocycles. The zero-order valence-corrected chi connectivity index (χ0v) is 15.9. The Bertz CT molecular complexity index is 966. The highest BCUT2D eigenvalue weighted by Crippen LogP contribution is 2.38. The van der Waals surface area contributed by atoms with Crippen molar-refractivity contribution in [3.63, 3.8) is 0 Å². The Kier molecular flexibility index (Phi) is 5.07. The maximum absolute atomic E-state index is 12.8. The van der Waals surface area contributed by atoms with Gasteiger partial charge < -0.3 is 19.1 Å². The number of benzene rings is 2. The lowest BCUT2D eigenvalue weighted by atomic mass is 10.1. The maximum Gasteiger partial charge on any atom is 0.280 e. The highest BCUT2D eigenvalue weighted by atomic mass is 16.7. The fraction of sp³-hybridized carbons (Fsp3) is 0.286. The first-order valence-corrected chi connectivity index (χ1v) is 9.25. The van der Waals surface area contributed by atoms with Gasteiger partial charge >= 0.3 is 0 Å². The van der Waals surface area contributed by atoms with Gasteiger partial charge in [0.05, 0.1) is 23.7 Å². The molecule has 2 aliphatic rings. The first kappa shape index (κ1) is 18.8. The van der Waals surface area contributed by atoms with Crippen LogP contribution in [0.15, 0.2) is 42.5 Å². The van der Waals surface area contributed by atoms with Gasteiger partial charge in [0, 0.05) is 18.7 Å². The standard InChI is InChI=1S/C21H20N2O6/c1-27-17-7-2-14(3-8-17)12-22(16-5-6-16)21(24)9-4-15-10-19-20(29-13-28-19)11-18(15)23(25)26/h2-4,7-11,16H,5-6,12-13H2,1H3/b9-4+. The molecule has 0 unspecified atom stereocenters. The molecular weight excluding hydrogens is 376 g/mol. The number of nitro groups is 1. The van der Waals surface area contributed by atoms with Crippen LogP contribution in [0.3, 0.4) is 0 Å². The summed E-state index contributed by atoms with van der Waals surface area (Å²) in [6.45, 7) is 0.497. The van der Waals surface area contributed by atoms with Crippen molar-refractivity contribution in [2.45, 2.75) is 25.4 Å². The lowest BCUT2D eigenvalue weighted by Gasteiger charge is -2.21. The number of amides is 1. The first-order valence-electron chi connectivity index (χ1n) is 9.25. The smallest absolute Gasteiger partial charge is 0.280 e. The van der Waals surface area contributed by atoms with Gasteiger partial charge in [0.1, 0.15) is 5.75 Å². The topological polar surface area (TPSA) is 91.1 Å². The number of nitro benzene ring substituents is 1. The molecule has 1 amide bonds. The third-order valence-electron chi connectivity index (χ3n) is 4.91. The normalized spacial score (nSPS) is 14.8. The summed E-state index contributed by atoms with van der Waals surface area (Å²) in [6.07, 6.45) is 4.76. The molecule has 1 heterocycles. The van der Waals surface area contributed by atoms with Gasteiger partial charge in [-0.05, 0) is 42.7 Å². The van der Waals surface area contributed by atoms with Crippen molar-refractivity contribution in [2.24, 2.45) is 0 Å². The number of hydrogen-bond donors (Lipinski definition) is 0. The summed E-state index contributed by atoms with van der Waals surface area (Å²) in [7, 11) is 1.61. The van der Waals surface area contributed by atoms with Crippen LogP contribution in [-0.4, -0.2) is 35.7 Å². The molecule has 0 radical (unpaired) electrons. The average Bonchev–Trinajstić information content (AvgIpc) is 3.46. The Morgan fingerprint density at radius 3 is 2.55 bits per heavy atom. The second kappa shape index (κ2) is 7.83. The second-order valence-electron chi connectivity index (χ2n) is 6.90. The van der Waals surface area contributed by atoms with Crippen LogP contribution in [-0.2, 0) is 11.3 Å². The van der Waals surface area contributed by atoms with Crippen molar-refractivity contribution < 1.29 is 23.9 Å². The fourth-order valence-electron chi connectivity index (χ4n) is 3.20. The number of carbonyl (C=O) groups excluding carboxylic acids is 1. The molecule has 8 nitrogen and oxygen atoms in total. The fourth-order valence-corrected chi connectivity index (χ4v) is 3.20. The average molecular weight is 396 g/mol. The van der Waals surface area contributed by atoms with Crippen LogP contribution >= 0.6 is 0 Å². The van der Waals surface area contributed by atoms with Crippen LogP contribution in [0.1, 0.15) is 24.0 Å². The van der Waals surface area contributed by atoms with Crippen LogP contribution in [0.4, 0.5) is 5.69 Å². The van der Waals surface area contributed by atoms with Gasteiger partial charge in [0.25, 0.3) is 5.69 Å². The molecule has 8 heteroatoms. The van der Waals surface area contributed by atoms with Crippen LogP contribution in [0.5, 0.6) is 17.2 Å². The summed E-state index contributed by atoms with van der Waals surface area (Å²) in [6, 6.07) is 10.6. The number of carbonyl (C=O) groups is 1. The molecule has 0 aromatic heterocycles. The Hall–Kier alpha value is -3.55. The van der Waals surface area contributed by atoms with Crippen LogP contribution in [0, 0.1) is 10.1 Å². The second-order valence-corrected chi connectivity index (χ2v) is 6.90. The van der Waals surface area contributed by atoms with E-state index < -0.39 is 4.92 Å². The molecule has 150 valence electrons. The van der Waals surface area contributed by atoms with Crippen molar-refractivity contribution in [3.8, 4) is 17.2 Å². The zero-order valence-electron chi connectivity index (χ0n) is 15.9. The van der Waals surface area contributed by atoms with E-state index in [0.717, 1.165) is 24.2 Å². The minimum atomic E-state index is -0.498. The molecular formula is C21H20N2O6. The third kappa shape index (κ3) is 4.16. The number of rotatable bonds is 7. The maximum atomic E-state index is 12.8. The lowest BCUT2D eigenvalue weighted by molar-refractivity contribution is -0.385.